The van der Waals surface area contributed by atoms with E-state index in [1.54, 1.807) is 19.2 Å². The Kier molecular flexibility index (Phi) is 4.96. The molecule has 5 rings (SSSR count). The normalized spacial score (nSPS) is 18.7. The van der Waals surface area contributed by atoms with Gasteiger partial charge in [-0.15, -0.1) is 11.3 Å². The van der Waals surface area contributed by atoms with Crippen molar-refractivity contribution in [3.05, 3.63) is 67.4 Å². The second kappa shape index (κ2) is 7.55. The lowest BCUT2D eigenvalue weighted by atomic mass is 9.97. The van der Waals surface area contributed by atoms with Crippen molar-refractivity contribution in [2.24, 2.45) is 0 Å². The highest BCUT2D eigenvalue weighted by Crippen LogP contribution is 2.48. The molecule has 162 valence electrons. The molecule has 31 heavy (non-hydrogen) atoms. The number of aromatic hydroxyl groups is 1. The monoisotopic (exact) mass is 459 g/mol. The van der Waals surface area contributed by atoms with Crippen molar-refractivity contribution in [3.8, 4) is 11.6 Å². The van der Waals surface area contributed by atoms with E-state index in [0.29, 0.717) is 40.2 Å². The smallest absolute Gasteiger partial charge is 0.335 e. The van der Waals surface area contributed by atoms with Crippen LogP contribution in [0.3, 0.4) is 0 Å². The molecule has 3 aromatic rings. The number of methoxy groups -OCH3 is 1. The maximum atomic E-state index is 13.0. The van der Waals surface area contributed by atoms with Crippen LogP contribution in [0, 0.1) is 0 Å². The van der Waals surface area contributed by atoms with E-state index in [2.05, 4.69) is 5.32 Å². The fourth-order valence-electron chi connectivity index (χ4n) is 4.45. The van der Waals surface area contributed by atoms with Gasteiger partial charge in [0.1, 0.15) is 5.69 Å². The molecule has 0 spiro atoms. The fraction of sp³-hybridized carbons (Fsp3) is 0.364. The van der Waals surface area contributed by atoms with Crippen LogP contribution in [0.2, 0.25) is 4.34 Å². The zero-order valence-electron chi connectivity index (χ0n) is 16.9. The van der Waals surface area contributed by atoms with Gasteiger partial charge in [-0.2, -0.15) is 0 Å². The molecule has 0 bridgehead atoms. The van der Waals surface area contributed by atoms with Gasteiger partial charge in [-0.1, -0.05) is 23.7 Å². The molecule has 1 aliphatic heterocycles. The molecule has 7 nitrogen and oxygen atoms in total. The predicted octanol–water partition coefficient (Wildman–Crippen LogP) is 3.61. The molecule has 1 aliphatic carbocycles. The number of hydrogen-bond acceptors (Lipinski definition) is 5. The molecule has 3 heterocycles. The van der Waals surface area contributed by atoms with Crippen molar-refractivity contribution >= 4 is 28.8 Å². The number of imidazole rings is 1. The Balaban J connectivity index is 1.43. The summed E-state index contributed by atoms with van der Waals surface area (Å²) in [4.78, 5) is 26.0. The van der Waals surface area contributed by atoms with Gasteiger partial charge in [0.25, 0.3) is 5.91 Å². The first kappa shape index (κ1) is 20.4. The van der Waals surface area contributed by atoms with E-state index in [9.17, 15) is 14.7 Å². The highest BCUT2D eigenvalue weighted by molar-refractivity contribution is 7.18. The van der Waals surface area contributed by atoms with Gasteiger partial charge in [0.2, 0.25) is 5.88 Å². The van der Waals surface area contributed by atoms with Gasteiger partial charge < -0.3 is 15.2 Å². The maximum absolute atomic E-state index is 13.0. The second-order valence-corrected chi connectivity index (χ2v) is 9.87. The van der Waals surface area contributed by atoms with Crippen LogP contribution in [0.5, 0.6) is 5.88 Å². The van der Waals surface area contributed by atoms with Crippen LogP contribution in [0.15, 0.2) is 41.2 Å². The molecule has 2 aromatic heterocycles. The summed E-state index contributed by atoms with van der Waals surface area (Å²) in [5, 5.41) is 13.8. The summed E-state index contributed by atoms with van der Waals surface area (Å²) in [5.41, 5.74) is 1.97. The van der Waals surface area contributed by atoms with Crippen LogP contribution in [0.1, 0.15) is 46.2 Å². The summed E-state index contributed by atoms with van der Waals surface area (Å²) in [6.45, 7) is 1.11. The molecular formula is C22H22ClN3O4S. The van der Waals surface area contributed by atoms with E-state index < -0.39 is 6.04 Å². The minimum Gasteiger partial charge on any atom is -0.493 e. The Morgan fingerprint density at radius 2 is 2.03 bits per heavy atom. The molecule has 1 fully saturated rings. The van der Waals surface area contributed by atoms with Crippen molar-refractivity contribution < 1.29 is 14.6 Å². The van der Waals surface area contributed by atoms with Crippen molar-refractivity contribution in [1.29, 1.82) is 0 Å². The first-order valence-electron chi connectivity index (χ1n) is 10.1. The Bertz CT molecular complexity index is 1210. The van der Waals surface area contributed by atoms with Crippen LogP contribution in [-0.2, 0) is 16.7 Å². The Morgan fingerprint density at radius 3 is 2.65 bits per heavy atom. The number of carbonyl (C=O) groups excluding carboxylic acids is 1. The fourth-order valence-corrected chi connectivity index (χ4v) is 5.40. The largest absolute Gasteiger partial charge is 0.493 e. The van der Waals surface area contributed by atoms with Crippen molar-refractivity contribution in [2.75, 3.05) is 13.7 Å². The topological polar surface area (TPSA) is 85.5 Å². The number of amides is 1. The van der Waals surface area contributed by atoms with Crippen LogP contribution in [-0.4, -0.2) is 33.9 Å². The zero-order chi connectivity index (χ0) is 21.8. The third kappa shape index (κ3) is 3.39. The predicted molar refractivity (Wildman–Crippen MR) is 119 cm³/mol. The van der Waals surface area contributed by atoms with E-state index in [1.807, 2.05) is 24.3 Å². The number of nitrogens with zero attached hydrogens (tertiary/aromatic N) is 2. The number of nitrogens with one attached hydrogen (secondary N) is 1. The van der Waals surface area contributed by atoms with Crippen molar-refractivity contribution in [2.45, 2.75) is 37.3 Å². The van der Waals surface area contributed by atoms with Crippen molar-refractivity contribution in [1.82, 2.24) is 14.5 Å². The second-order valence-electron chi connectivity index (χ2n) is 8.16. The standard InChI is InChI=1S/C22H22ClN3O4S/c1-30-12-22(9-10-22)13-2-4-14(5-3-13)26-20(28)18-15(8-11-25(18)21(26)29)24-19(27)16-6-7-17(23)31-16/h2-7,15,28H,8-12H2,1H3,(H,24,27)/t15-/m1/s1. The number of hydrogen-bond donors (Lipinski definition) is 2. The van der Waals surface area contributed by atoms with Gasteiger partial charge in [-0.3, -0.25) is 9.36 Å². The number of thiophene rings is 1. The maximum Gasteiger partial charge on any atom is 0.335 e. The number of rotatable bonds is 6. The minimum absolute atomic E-state index is 0.0723. The van der Waals surface area contributed by atoms with Crippen molar-refractivity contribution in [3.63, 3.8) is 0 Å². The molecule has 0 unspecified atom stereocenters. The third-order valence-corrected chi connectivity index (χ3v) is 7.47. The van der Waals surface area contributed by atoms with Gasteiger partial charge in [-0.05, 0) is 49.1 Å². The number of carbonyl (C=O) groups is 1. The quantitative estimate of drug-likeness (QED) is 0.589. The third-order valence-electron chi connectivity index (χ3n) is 6.24. The van der Waals surface area contributed by atoms with Crippen LogP contribution < -0.4 is 11.0 Å². The summed E-state index contributed by atoms with van der Waals surface area (Å²) >= 11 is 7.11. The van der Waals surface area contributed by atoms with Gasteiger partial charge in [0.05, 0.1) is 27.5 Å². The van der Waals surface area contributed by atoms with E-state index >= 15 is 0 Å². The molecule has 0 saturated heterocycles. The Labute approximate surface area is 187 Å². The zero-order valence-corrected chi connectivity index (χ0v) is 18.5. The molecule has 1 saturated carbocycles. The van der Waals surface area contributed by atoms with E-state index in [-0.39, 0.29) is 22.9 Å². The average molecular weight is 460 g/mol. The van der Waals surface area contributed by atoms with Gasteiger partial charge in [0, 0.05) is 19.1 Å². The summed E-state index contributed by atoms with van der Waals surface area (Å²) in [6.07, 6.45) is 2.72. The highest BCUT2D eigenvalue weighted by atomic mass is 35.5. The SMILES string of the molecule is COCC1(c2ccc(-n3c(O)c4n(c3=O)CC[C@H]4NC(=O)c3ccc(Cl)s3)cc2)CC1. The Morgan fingerprint density at radius 1 is 1.29 bits per heavy atom. The van der Waals surface area contributed by atoms with E-state index in [1.165, 1.54) is 26.0 Å². The number of fused-ring (bicyclic) bond motifs is 1. The first-order chi connectivity index (χ1) is 14.9. The lowest BCUT2D eigenvalue weighted by Gasteiger charge is -2.15. The number of benzene rings is 1. The minimum atomic E-state index is -0.446. The summed E-state index contributed by atoms with van der Waals surface area (Å²) < 4.78 is 8.72. The lowest BCUT2D eigenvalue weighted by molar-refractivity contribution is 0.0940. The number of aromatic nitrogens is 2. The van der Waals surface area contributed by atoms with Gasteiger partial charge in [-0.25, -0.2) is 9.36 Å². The molecule has 1 atom stereocenters. The Hall–Kier alpha value is -2.55. The molecular weight excluding hydrogens is 438 g/mol. The van der Waals surface area contributed by atoms with Crippen LogP contribution in [0.25, 0.3) is 5.69 Å². The summed E-state index contributed by atoms with van der Waals surface area (Å²) in [6, 6.07) is 10.6. The van der Waals surface area contributed by atoms with Crippen LogP contribution in [0.4, 0.5) is 0 Å². The average Bonchev–Trinajstić information content (AvgIpc) is 3.10. The van der Waals surface area contributed by atoms with Gasteiger partial charge >= 0.3 is 5.69 Å². The summed E-state index contributed by atoms with van der Waals surface area (Å²) in [5.74, 6) is -0.407. The number of ether oxygens (including phenoxy) is 1. The highest BCUT2D eigenvalue weighted by Gasteiger charge is 2.44. The molecule has 2 N–H and O–H groups in total. The summed E-state index contributed by atoms with van der Waals surface area (Å²) in [7, 11) is 1.71. The number of halogens is 1. The molecule has 2 aliphatic rings. The van der Waals surface area contributed by atoms with E-state index in [0.717, 1.165) is 12.8 Å². The van der Waals surface area contributed by atoms with Crippen LogP contribution >= 0.6 is 22.9 Å². The molecule has 1 aromatic carbocycles. The first-order valence-corrected chi connectivity index (χ1v) is 11.3. The molecule has 0 radical (unpaired) electrons. The van der Waals surface area contributed by atoms with Gasteiger partial charge in [0.15, 0.2) is 0 Å². The molecule has 1 amide bonds. The van der Waals surface area contributed by atoms with E-state index in [4.69, 9.17) is 16.3 Å². The molecule has 9 heteroatoms. The lowest BCUT2D eigenvalue weighted by Crippen LogP contribution is -2.26.